The van der Waals surface area contributed by atoms with E-state index in [1.54, 1.807) is 12.4 Å². The van der Waals surface area contributed by atoms with E-state index < -0.39 is 0 Å². The van der Waals surface area contributed by atoms with Crippen molar-refractivity contribution in [3.8, 4) is 11.5 Å². The summed E-state index contributed by atoms with van der Waals surface area (Å²) < 4.78 is 1.36. The number of hydrogen-bond donors (Lipinski definition) is 2. The van der Waals surface area contributed by atoms with Gasteiger partial charge in [-0.15, -0.1) is 0 Å². The Balaban J connectivity index is 1.88. The molecule has 3 rings (SSSR count). The van der Waals surface area contributed by atoms with Gasteiger partial charge in [0, 0.05) is 23.6 Å². The molecule has 0 spiro atoms. The molecule has 0 saturated heterocycles. The van der Waals surface area contributed by atoms with Gasteiger partial charge in [-0.3, -0.25) is 9.98 Å². The van der Waals surface area contributed by atoms with Gasteiger partial charge in [0.25, 0.3) is 0 Å². The van der Waals surface area contributed by atoms with Crippen LogP contribution in [-0.4, -0.2) is 34.7 Å². The van der Waals surface area contributed by atoms with E-state index in [-0.39, 0.29) is 34.4 Å². The minimum atomic E-state index is -0.0334. The third kappa shape index (κ3) is 6.51. The molecule has 1 aliphatic rings. The standard InChI is InChI=1S/C28H36Br2N2O2/c1-27(2,3)19-11-17(25(33)21(29)13-19)15-31-23-9-7-8-10-24(23)32-16-18-12-20(28(4,5)6)14-22(30)26(18)34/h11-16,23-24,33-34H,7-10H2,1-6H3/t23-,24+. The number of rotatable bonds is 4. The van der Waals surface area contributed by atoms with E-state index in [1.165, 1.54) is 0 Å². The van der Waals surface area contributed by atoms with Crippen molar-refractivity contribution in [2.75, 3.05) is 0 Å². The van der Waals surface area contributed by atoms with Crippen LogP contribution in [0.25, 0.3) is 0 Å². The Morgan fingerprint density at radius 3 is 1.38 bits per heavy atom. The molecular weight excluding hydrogens is 556 g/mol. The Hall–Kier alpha value is -1.66. The zero-order chi connectivity index (χ0) is 25.3. The molecule has 1 aliphatic carbocycles. The Morgan fingerprint density at radius 1 is 0.706 bits per heavy atom. The number of aliphatic imine (C=N–C) groups is 2. The van der Waals surface area contributed by atoms with Gasteiger partial charge < -0.3 is 10.2 Å². The van der Waals surface area contributed by atoms with Crippen LogP contribution in [0.5, 0.6) is 11.5 Å². The molecule has 0 radical (unpaired) electrons. The summed E-state index contributed by atoms with van der Waals surface area (Å²) in [6, 6.07) is 8.04. The average Bonchev–Trinajstić information content (AvgIpc) is 2.74. The van der Waals surface area contributed by atoms with E-state index >= 15 is 0 Å². The second kappa shape index (κ2) is 10.5. The minimum absolute atomic E-state index is 0.0334. The zero-order valence-corrected chi connectivity index (χ0v) is 24.2. The van der Waals surface area contributed by atoms with Crippen molar-refractivity contribution >= 4 is 44.3 Å². The van der Waals surface area contributed by atoms with Crippen LogP contribution < -0.4 is 0 Å². The molecule has 1 fully saturated rings. The summed E-state index contributed by atoms with van der Waals surface area (Å²) in [6.45, 7) is 12.9. The highest BCUT2D eigenvalue weighted by molar-refractivity contribution is 9.10. The Bertz CT molecular complexity index is 1010. The Morgan fingerprint density at radius 2 is 1.06 bits per heavy atom. The zero-order valence-electron chi connectivity index (χ0n) is 21.0. The molecule has 184 valence electrons. The second-order valence-corrected chi connectivity index (χ2v) is 13.0. The summed E-state index contributed by atoms with van der Waals surface area (Å²) in [5.74, 6) is 0.419. The van der Waals surface area contributed by atoms with Gasteiger partial charge in [0.2, 0.25) is 0 Å². The highest BCUT2D eigenvalue weighted by atomic mass is 79.9. The SMILES string of the molecule is CC(C)(C)c1cc(Br)c(O)c(C=N[C@H]2CCCC[C@H]2N=Cc2cc(C(C)(C)C)cc(Br)c2O)c1. The summed E-state index contributed by atoms with van der Waals surface area (Å²) in [5, 5.41) is 21.2. The lowest BCUT2D eigenvalue weighted by Crippen LogP contribution is -2.27. The van der Waals surface area contributed by atoms with Crippen LogP contribution in [0.1, 0.15) is 89.5 Å². The van der Waals surface area contributed by atoms with Gasteiger partial charge in [-0.05, 0) is 90.9 Å². The molecule has 0 aliphatic heterocycles. The summed E-state index contributed by atoms with van der Waals surface area (Å²) >= 11 is 6.97. The van der Waals surface area contributed by atoms with Gasteiger partial charge in [0.15, 0.2) is 0 Å². The van der Waals surface area contributed by atoms with Crippen molar-refractivity contribution in [3.63, 3.8) is 0 Å². The maximum atomic E-state index is 10.6. The predicted octanol–water partition coefficient (Wildman–Crippen LogP) is 8.07. The monoisotopic (exact) mass is 590 g/mol. The fourth-order valence-corrected chi connectivity index (χ4v) is 5.05. The molecule has 2 atom stereocenters. The number of hydrogen-bond acceptors (Lipinski definition) is 4. The van der Waals surface area contributed by atoms with Crippen LogP contribution in [0.4, 0.5) is 0 Å². The van der Waals surface area contributed by atoms with E-state index in [4.69, 9.17) is 9.98 Å². The Labute approximate surface area is 220 Å². The normalized spacial score (nSPS) is 19.9. The minimum Gasteiger partial charge on any atom is -0.506 e. The summed E-state index contributed by atoms with van der Waals surface area (Å²) in [7, 11) is 0. The van der Waals surface area contributed by atoms with Gasteiger partial charge in [-0.2, -0.15) is 0 Å². The first-order valence-corrected chi connectivity index (χ1v) is 13.5. The number of nitrogens with zero attached hydrogens (tertiary/aromatic N) is 2. The fourth-order valence-electron chi connectivity index (χ4n) is 4.10. The highest BCUT2D eigenvalue weighted by Gasteiger charge is 2.24. The molecule has 0 bridgehead atoms. The molecule has 34 heavy (non-hydrogen) atoms. The summed E-state index contributed by atoms with van der Waals surface area (Å²) in [5.41, 5.74) is 3.63. The van der Waals surface area contributed by atoms with Gasteiger partial charge in [0.1, 0.15) is 11.5 Å². The number of phenolic OH excluding ortho intramolecular Hbond substituents is 2. The molecule has 0 aromatic heterocycles. The molecule has 0 heterocycles. The van der Waals surface area contributed by atoms with Crippen molar-refractivity contribution in [2.45, 2.75) is 90.1 Å². The topological polar surface area (TPSA) is 65.2 Å². The lowest BCUT2D eigenvalue weighted by molar-refractivity contribution is 0.390. The van der Waals surface area contributed by atoms with E-state index in [2.05, 4.69) is 73.4 Å². The van der Waals surface area contributed by atoms with Crippen LogP contribution in [0.15, 0.2) is 43.2 Å². The van der Waals surface area contributed by atoms with Gasteiger partial charge >= 0.3 is 0 Å². The summed E-state index contributed by atoms with van der Waals surface area (Å²) in [4.78, 5) is 9.76. The third-order valence-corrected chi connectivity index (χ3v) is 7.63. The number of halogens is 2. The third-order valence-electron chi connectivity index (χ3n) is 6.42. The maximum absolute atomic E-state index is 10.6. The smallest absolute Gasteiger partial charge is 0.138 e. The van der Waals surface area contributed by atoms with E-state index in [9.17, 15) is 10.2 Å². The van der Waals surface area contributed by atoms with E-state index in [0.717, 1.165) is 36.8 Å². The molecule has 4 nitrogen and oxygen atoms in total. The molecule has 6 heteroatoms. The number of benzene rings is 2. The van der Waals surface area contributed by atoms with Gasteiger partial charge in [-0.1, -0.05) is 54.4 Å². The Kier molecular flexibility index (Phi) is 8.34. The van der Waals surface area contributed by atoms with Crippen molar-refractivity contribution in [1.29, 1.82) is 0 Å². The van der Waals surface area contributed by atoms with Gasteiger partial charge in [-0.25, -0.2) is 0 Å². The van der Waals surface area contributed by atoms with Crippen LogP contribution in [0.2, 0.25) is 0 Å². The molecular formula is C28H36Br2N2O2. The molecule has 2 aromatic rings. The van der Waals surface area contributed by atoms with Crippen LogP contribution in [0.3, 0.4) is 0 Å². The van der Waals surface area contributed by atoms with Crippen molar-refractivity contribution in [2.24, 2.45) is 9.98 Å². The molecule has 0 amide bonds. The first-order valence-electron chi connectivity index (χ1n) is 11.9. The van der Waals surface area contributed by atoms with E-state index in [1.807, 2.05) is 24.3 Å². The quantitative estimate of drug-likeness (QED) is 0.353. The average molecular weight is 592 g/mol. The molecule has 1 saturated carbocycles. The largest absolute Gasteiger partial charge is 0.506 e. The predicted molar refractivity (Wildman–Crippen MR) is 150 cm³/mol. The van der Waals surface area contributed by atoms with Crippen molar-refractivity contribution in [1.82, 2.24) is 0 Å². The van der Waals surface area contributed by atoms with Crippen LogP contribution >= 0.6 is 31.9 Å². The van der Waals surface area contributed by atoms with E-state index in [0.29, 0.717) is 20.1 Å². The van der Waals surface area contributed by atoms with Gasteiger partial charge in [0.05, 0.1) is 21.0 Å². The molecule has 0 unspecified atom stereocenters. The van der Waals surface area contributed by atoms with Crippen LogP contribution in [0, 0.1) is 0 Å². The van der Waals surface area contributed by atoms with Crippen LogP contribution in [-0.2, 0) is 10.8 Å². The highest BCUT2D eigenvalue weighted by Crippen LogP contribution is 2.35. The number of aromatic hydroxyl groups is 2. The molecule has 2 N–H and O–H groups in total. The fraction of sp³-hybridized carbons (Fsp3) is 0.500. The lowest BCUT2D eigenvalue weighted by Gasteiger charge is -2.26. The van der Waals surface area contributed by atoms with Crippen molar-refractivity contribution in [3.05, 3.63) is 55.5 Å². The first-order chi connectivity index (χ1) is 15.8. The maximum Gasteiger partial charge on any atom is 0.138 e. The first kappa shape index (κ1) is 26.9. The lowest BCUT2D eigenvalue weighted by atomic mass is 9.86. The summed E-state index contributed by atoms with van der Waals surface area (Å²) in [6.07, 6.45) is 7.72. The molecule has 2 aromatic carbocycles. The second-order valence-electron chi connectivity index (χ2n) is 11.3. The van der Waals surface area contributed by atoms with Crippen molar-refractivity contribution < 1.29 is 10.2 Å². The number of phenols is 2.